The molecule has 0 aliphatic rings. The summed E-state index contributed by atoms with van der Waals surface area (Å²) >= 11 is 0. The Hall–Kier alpha value is -0.790. The van der Waals surface area contributed by atoms with Crippen molar-refractivity contribution in [2.75, 3.05) is 7.05 Å². The summed E-state index contributed by atoms with van der Waals surface area (Å²) in [6, 6.07) is 0. The first-order valence-corrected chi connectivity index (χ1v) is 2.52. The summed E-state index contributed by atoms with van der Waals surface area (Å²) in [4.78, 5) is 3.77. The monoisotopic (exact) mass is 113 g/mol. The fourth-order valence-corrected chi connectivity index (χ4v) is 0.219. The van der Waals surface area contributed by atoms with Crippen LogP contribution in [0.25, 0.3) is 0 Å². The van der Waals surface area contributed by atoms with Crippen LogP contribution in [0.5, 0.6) is 0 Å². The van der Waals surface area contributed by atoms with Gasteiger partial charge in [-0.05, 0) is 6.92 Å². The Kier molecular flexibility index (Phi) is 3.94. The maximum absolute atomic E-state index is 4.91. The Labute approximate surface area is 49.9 Å². The topological polar surface area (TPSA) is 21.6 Å². The lowest BCUT2D eigenvalue weighted by atomic mass is 10.7. The highest BCUT2D eigenvalue weighted by molar-refractivity contribution is 5.73. The van der Waals surface area contributed by atoms with Gasteiger partial charge in [-0.3, -0.25) is 4.99 Å². The minimum absolute atomic E-state index is 0.683. The quantitative estimate of drug-likeness (QED) is 0.287. The van der Waals surface area contributed by atoms with Crippen LogP contribution < -0.4 is 0 Å². The van der Waals surface area contributed by atoms with E-state index in [-0.39, 0.29) is 0 Å². The van der Waals surface area contributed by atoms with Crippen molar-refractivity contribution in [3.05, 3.63) is 12.3 Å². The first-order chi connectivity index (χ1) is 3.81. The van der Waals surface area contributed by atoms with E-state index in [9.17, 15) is 0 Å². The molecule has 0 atom stereocenters. The van der Waals surface area contributed by atoms with Gasteiger partial charge in [0.2, 0.25) is 0 Å². The molecule has 0 rings (SSSR count). The molecule has 0 radical (unpaired) electrons. The summed E-state index contributed by atoms with van der Waals surface area (Å²) in [6.07, 6.45) is 3.41. The van der Waals surface area contributed by atoms with Gasteiger partial charge < -0.3 is 4.74 Å². The van der Waals surface area contributed by atoms with Crippen LogP contribution in [0.2, 0.25) is 0 Å². The summed E-state index contributed by atoms with van der Waals surface area (Å²) in [5, 5.41) is 0. The van der Waals surface area contributed by atoms with Gasteiger partial charge in [0.25, 0.3) is 0 Å². The summed E-state index contributed by atoms with van der Waals surface area (Å²) in [6.45, 7) is 3.70. The Morgan fingerprint density at radius 2 is 2.25 bits per heavy atom. The Bertz CT molecular complexity index is 105. The van der Waals surface area contributed by atoms with Crippen LogP contribution in [-0.4, -0.2) is 12.9 Å². The predicted molar refractivity (Wildman–Crippen MR) is 34.9 cm³/mol. The molecule has 0 saturated heterocycles. The first kappa shape index (κ1) is 7.21. The molecule has 0 fully saturated rings. The van der Waals surface area contributed by atoms with E-state index in [4.69, 9.17) is 4.74 Å². The van der Waals surface area contributed by atoms with E-state index in [2.05, 4.69) is 4.99 Å². The average molecular weight is 113 g/mol. The van der Waals surface area contributed by atoms with Crippen molar-refractivity contribution in [3.8, 4) is 0 Å². The van der Waals surface area contributed by atoms with Crippen molar-refractivity contribution >= 4 is 5.90 Å². The van der Waals surface area contributed by atoms with E-state index in [1.807, 2.05) is 13.0 Å². The lowest BCUT2D eigenvalue weighted by Crippen LogP contribution is -1.90. The summed E-state index contributed by atoms with van der Waals surface area (Å²) in [5.41, 5.74) is 0. The lowest BCUT2D eigenvalue weighted by molar-refractivity contribution is 0.466. The van der Waals surface area contributed by atoms with Gasteiger partial charge in [-0.25, -0.2) is 0 Å². The van der Waals surface area contributed by atoms with E-state index < -0.39 is 0 Å². The molecule has 0 unspecified atom stereocenters. The molecule has 2 heteroatoms. The maximum Gasteiger partial charge on any atom is 0.185 e. The van der Waals surface area contributed by atoms with Crippen LogP contribution in [0.1, 0.15) is 13.8 Å². The summed E-state index contributed by atoms with van der Waals surface area (Å²) < 4.78 is 4.91. The van der Waals surface area contributed by atoms with Crippen molar-refractivity contribution in [2.45, 2.75) is 13.8 Å². The van der Waals surface area contributed by atoms with E-state index in [1.165, 1.54) is 0 Å². The zero-order chi connectivity index (χ0) is 6.41. The second-order valence-electron chi connectivity index (χ2n) is 1.33. The summed E-state index contributed by atoms with van der Waals surface area (Å²) in [7, 11) is 1.69. The molecular formula is C6H11NO. The summed E-state index contributed by atoms with van der Waals surface area (Å²) in [5.74, 6) is 0.683. The molecule has 0 aliphatic heterocycles. The number of aliphatic imine (C=N–C) groups is 1. The third-order valence-corrected chi connectivity index (χ3v) is 0.690. The fraction of sp³-hybridized carbons (Fsp3) is 0.500. The minimum atomic E-state index is 0.683. The van der Waals surface area contributed by atoms with E-state index >= 15 is 0 Å². The van der Waals surface area contributed by atoms with Crippen molar-refractivity contribution < 1.29 is 4.74 Å². The molecule has 0 amide bonds. The standard InChI is InChI=1S/C6H11NO/c1-4-5-8-6(2)7-3/h4-5H,1-3H3/b5-4+,7-6?. The average Bonchev–Trinajstić information content (AvgIpc) is 1.83. The lowest BCUT2D eigenvalue weighted by Gasteiger charge is -1.92. The Morgan fingerprint density at radius 1 is 1.62 bits per heavy atom. The van der Waals surface area contributed by atoms with Crippen molar-refractivity contribution in [1.82, 2.24) is 0 Å². The SMILES string of the molecule is C/C=C/OC(C)=NC. The highest BCUT2D eigenvalue weighted by Crippen LogP contribution is 1.80. The molecule has 0 spiro atoms. The van der Waals surface area contributed by atoms with Crippen LogP contribution in [-0.2, 0) is 4.74 Å². The van der Waals surface area contributed by atoms with Crippen LogP contribution >= 0.6 is 0 Å². The van der Waals surface area contributed by atoms with Gasteiger partial charge in [0.15, 0.2) is 5.90 Å². The Balaban J connectivity index is 3.40. The zero-order valence-corrected chi connectivity index (χ0v) is 5.51. The predicted octanol–water partition coefficient (Wildman–Crippen LogP) is 1.58. The van der Waals surface area contributed by atoms with Gasteiger partial charge in [0.05, 0.1) is 6.26 Å². The third kappa shape index (κ3) is 3.40. The molecule has 0 aromatic carbocycles. The molecule has 0 bridgehead atoms. The van der Waals surface area contributed by atoms with Crippen LogP contribution in [0.4, 0.5) is 0 Å². The number of rotatable bonds is 1. The van der Waals surface area contributed by atoms with Crippen LogP contribution in [0, 0.1) is 0 Å². The molecule has 0 aliphatic carbocycles. The third-order valence-electron chi connectivity index (χ3n) is 0.690. The van der Waals surface area contributed by atoms with Gasteiger partial charge in [-0.15, -0.1) is 0 Å². The molecule has 0 heterocycles. The van der Waals surface area contributed by atoms with Crippen molar-refractivity contribution in [3.63, 3.8) is 0 Å². The van der Waals surface area contributed by atoms with E-state index in [0.29, 0.717) is 5.90 Å². The molecule has 8 heavy (non-hydrogen) atoms. The van der Waals surface area contributed by atoms with Crippen LogP contribution in [0.15, 0.2) is 17.3 Å². The van der Waals surface area contributed by atoms with Gasteiger partial charge in [-0.2, -0.15) is 0 Å². The minimum Gasteiger partial charge on any atom is -0.452 e. The normalized spacial score (nSPS) is 12.6. The van der Waals surface area contributed by atoms with Crippen molar-refractivity contribution in [2.24, 2.45) is 4.99 Å². The number of hydrogen-bond acceptors (Lipinski definition) is 2. The molecule has 2 nitrogen and oxygen atoms in total. The molecule has 0 aromatic heterocycles. The van der Waals surface area contributed by atoms with Gasteiger partial charge >= 0.3 is 0 Å². The largest absolute Gasteiger partial charge is 0.452 e. The highest BCUT2D eigenvalue weighted by atomic mass is 16.5. The maximum atomic E-state index is 4.91. The second-order valence-corrected chi connectivity index (χ2v) is 1.33. The fourth-order valence-electron chi connectivity index (χ4n) is 0.219. The zero-order valence-electron chi connectivity index (χ0n) is 5.51. The van der Waals surface area contributed by atoms with Gasteiger partial charge in [-0.1, -0.05) is 6.08 Å². The molecule has 0 aromatic rings. The molecular weight excluding hydrogens is 102 g/mol. The first-order valence-electron chi connectivity index (χ1n) is 2.52. The number of allylic oxidation sites excluding steroid dienone is 1. The molecule has 0 N–H and O–H groups in total. The van der Waals surface area contributed by atoms with Gasteiger partial charge in [0, 0.05) is 14.0 Å². The van der Waals surface area contributed by atoms with Crippen molar-refractivity contribution in [1.29, 1.82) is 0 Å². The number of ether oxygens (including phenoxy) is 1. The number of hydrogen-bond donors (Lipinski definition) is 0. The highest BCUT2D eigenvalue weighted by Gasteiger charge is 1.78. The van der Waals surface area contributed by atoms with Gasteiger partial charge in [0.1, 0.15) is 0 Å². The smallest absolute Gasteiger partial charge is 0.185 e. The van der Waals surface area contributed by atoms with Crippen LogP contribution in [0.3, 0.4) is 0 Å². The Morgan fingerprint density at radius 3 is 2.62 bits per heavy atom. The molecule has 46 valence electrons. The number of nitrogens with zero attached hydrogens (tertiary/aromatic N) is 1. The second kappa shape index (κ2) is 4.37. The van der Waals surface area contributed by atoms with E-state index in [1.54, 1.807) is 20.2 Å². The molecule has 0 saturated carbocycles. The van der Waals surface area contributed by atoms with E-state index in [0.717, 1.165) is 0 Å².